The molecule has 2 fully saturated rings. The summed E-state index contributed by atoms with van der Waals surface area (Å²) in [5.41, 5.74) is 0. The third-order valence-electron chi connectivity index (χ3n) is 3.93. The molecular weight excluding hydrogens is 230 g/mol. The molecule has 1 N–H and O–H groups in total. The van der Waals surface area contributed by atoms with Crippen molar-refractivity contribution in [3.8, 4) is 0 Å². The summed E-state index contributed by atoms with van der Waals surface area (Å²) < 4.78 is 9.93. The SMILES string of the molecule is C1CCC2NCCCC2C1.CC[SiH](OC)OC. The largest absolute Gasteiger partial charge is 0.400 e. The number of nitrogens with one attached hydrogen (secondary N) is 1. The normalized spacial score (nSPS) is 28.2. The Balaban J connectivity index is 0.000000185. The van der Waals surface area contributed by atoms with Gasteiger partial charge in [0.1, 0.15) is 0 Å². The van der Waals surface area contributed by atoms with Crippen molar-refractivity contribution >= 4 is 9.28 Å². The van der Waals surface area contributed by atoms with Gasteiger partial charge in [0.05, 0.1) is 0 Å². The van der Waals surface area contributed by atoms with Crippen LogP contribution in [0.3, 0.4) is 0 Å². The van der Waals surface area contributed by atoms with Crippen LogP contribution in [0, 0.1) is 5.92 Å². The van der Waals surface area contributed by atoms with E-state index in [9.17, 15) is 0 Å². The fourth-order valence-corrected chi connectivity index (χ4v) is 3.76. The molecule has 0 radical (unpaired) electrons. The Morgan fingerprint density at radius 3 is 2.24 bits per heavy atom. The minimum absolute atomic E-state index is 0.905. The Kier molecular flexibility index (Phi) is 8.10. The maximum atomic E-state index is 4.97. The Hall–Kier alpha value is 0.0969. The van der Waals surface area contributed by atoms with Crippen molar-refractivity contribution in [1.29, 1.82) is 0 Å². The molecule has 1 heterocycles. The van der Waals surface area contributed by atoms with Gasteiger partial charge in [-0.05, 0) is 44.2 Å². The summed E-state index contributed by atoms with van der Waals surface area (Å²) in [6.45, 7) is 3.35. The number of rotatable bonds is 3. The first-order valence-corrected chi connectivity index (χ1v) is 8.86. The van der Waals surface area contributed by atoms with Crippen molar-refractivity contribution in [2.45, 2.75) is 57.5 Å². The first kappa shape index (κ1) is 15.2. The van der Waals surface area contributed by atoms with E-state index in [2.05, 4.69) is 12.2 Å². The summed E-state index contributed by atoms with van der Waals surface area (Å²) in [6, 6.07) is 1.95. The summed E-state index contributed by atoms with van der Waals surface area (Å²) in [5.74, 6) is 1.04. The number of piperidine rings is 1. The molecule has 0 aromatic carbocycles. The lowest BCUT2D eigenvalue weighted by Crippen LogP contribution is -2.42. The van der Waals surface area contributed by atoms with E-state index in [-0.39, 0.29) is 0 Å². The van der Waals surface area contributed by atoms with E-state index in [4.69, 9.17) is 8.85 Å². The highest BCUT2D eigenvalue weighted by molar-refractivity contribution is 6.44. The molecule has 17 heavy (non-hydrogen) atoms. The molecule has 102 valence electrons. The molecule has 0 bridgehead atoms. The zero-order chi connectivity index (χ0) is 12.5. The molecule has 2 atom stereocenters. The maximum absolute atomic E-state index is 4.97. The number of hydrogen-bond acceptors (Lipinski definition) is 3. The zero-order valence-corrected chi connectivity index (χ0v) is 12.9. The van der Waals surface area contributed by atoms with Crippen LogP contribution in [0.15, 0.2) is 0 Å². The summed E-state index contributed by atoms with van der Waals surface area (Å²) in [7, 11) is 2.23. The topological polar surface area (TPSA) is 30.5 Å². The van der Waals surface area contributed by atoms with Crippen LogP contribution in [0.1, 0.15) is 45.4 Å². The number of fused-ring (bicyclic) bond motifs is 1. The molecule has 2 aliphatic rings. The van der Waals surface area contributed by atoms with Crippen LogP contribution in [-0.4, -0.2) is 36.1 Å². The minimum Gasteiger partial charge on any atom is -0.400 e. The van der Waals surface area contributed by atoms with Crippen molar-refractivity contribution in [1.82, 2.24) is 5.32 Å². The molecule has 2 unspecified atom stereocenters. The van der Waals surface area contributed by atoms with Gasteiger partial charge in [-0.2, -0.15) is 0 Å². The summed E-state index contributed by atoms with van der Waals surface area (Å²) >= 11 is 0. The molecule has 0 spiro atoms. The van der Waals surface area contributed by atoms with Crippen LogP contribution in [-0.2, 0) is 8.85 Å². The Morgan fingerprint density at radius 1 is 1.06 bits per heavy atom. The van der Waals surface area contributed by atoms with E-state index in [0.29, 0.717) is 0 Å². The third kappa shape index (κ3) is 5.51. The van der Waals surface area contributed by atoms with Gasteiger partial charge in [0.25, 0.3) is 0 Å². The quantitative estimate of drug-likeness (QED) is 0.790. The molecule has 4 heteroatoms. The summed E-state index contributed by atoms with van der Waals surface area (Å²) in [4.78, 5) is 0. The van der Waals surface area contributed by atoms with Gasteiger partial charge in [-0.1, -0.05) is 19.8 Å². The van der Waals surface area contributed by atoms with Crippen molar-refractivity contribution in [2.24, 2.45) is 5.92 Å². The highest BCUT2D eigenvalue weighted by atomic mass is 28.3. The fourth-order valence-electron chi connectivity index (χ4n) is 2.90. The molecule has 2 rings (SSSR count). The van der Waals surface area contributed by atoms with E-state index in [1.165, 1.54) is 45.1 Å². The van der Waals surface area contributed by atoms with Gasteiger partial charge in [-0.3, -0.25) is 0 Å². The molecule has 0 aromatic heterocycles. The summed E-state index contributed by atoms with van der Waals surface area (Å²) in [5, 5.41) is 3.62. The standard InChI is InChI=1S/C9H17N.C4H12O2Si/c1-2-6-9-8(4-1)5-3-7-10-9;1-4-7(5-2)6-3/h8-10H,1-7H2;7H,4H2,1-3H3. The van der Waals surface area contributed by atoms with Crippen LogP contribution in [0.5, 0.6) is 0 Å². The van der Waals surface area contributed by atoms with Crippen molar-refractivity contribution in [3.63, 3.8) is 0 Å². The Morgan fingerprint density at radius 2 is 1.71 bits per heavy atom. The van der Waals surface area contributed by atoms with Crippen LogP contribution in [0.2, 0.25) is 6.04 Å². The van der Waals surface area contributed by atoms with Gasteiger partial charge in [-0.15, -0.1) is 0 Å². The molecular formula is C13H29NO2Si. The highest BCUT2D eigenvalue weighted by Gasteiger charge is 2.26. The molecule has 1 saturated heterocycles. The minimum atomic E-state index is -1.17. The lowest BCUT2D eigenvalue weighted by molar-refractivity contribution is 0.212. The average Bonchev–Trinajstić information content (AvgIpc) is 2.42. The second kappa shape index (κ2) is 9.08. The molecule has 1 aliphatic heterocycles. The first-order valence-electron chi connectivity index (χ1n) is 7.10. The summed E-state index contributed by atoms with van der Waals surface area (Å²) in [6.07, 6.45) is 8.82. The Labute approximate surface area is 108 Å². The van der Waals surface area contributed by atoms with Gasteiger partial charge in [0.15, 0.2) is 0 Å². The molecule has 0 aromatic rings. The first-order chi connectivity index (χ1) is 8.31. The van der Waals surface area contributed by atoms with Crippen LogP contribution in [0.4, 0.5) is 0 Å². The van der Waals surface area contributed by atoms with Crippen molar-refractivity contribution < 1.29 is 8.85 Å². The zero-order valence-electron chi connectivity index (χ0n) is 11.7. The fraction of sp³-hybridized carbons (Fsp3) is 1.00. The van der Waals surface area contributed by atoms with Crippen molar-refractivity contribution in [3.05, 3.63) is 0 Å². The van der Waals surface area contributed by atoms with E-state index in [1.807, 2.05) is 0 Å². The van der Waals surface area contributed by atoms with Gasteiger partial charge in [0.2, 0.25) is 0 Å². The molecule has 3 nitrogen and oxygen atoms in total. The van der Waals surface area contributed by atoms with Gasteiger partial charge in [0, 0.05) is 20.3 Å². The second-order valence-electron chi connectivity index (χ2n) is 5.06. The smallest absolute Gasteiger partial charge is 0.320 e. The van der Waals surface area contributed by atoms with Crippen LogP contribution < -0.4 is 5.32 Å². The average molecular weight is 259 g/mol. The van der Waals surface area contributed by atoms with Gasteiger partial charge < -0.3 is 14.2 Å². The van der Waals surface area contributed by atoms with E-state index >= 15 is 0 Å². The van der Waals surface area contributed by atoms with Gasteiger partial charge in [-0.25, -0.2) is 0 Å². The van der Waals surface area contributed by atoms with Crippen LogP contribution >= 0.6 is 0 Å². The third-order valence-corrected chi connectivity index (χ3v) is 5.64. The maximum Gasteiger partial charge on any atom is 0.320 e. The molecule has 1 saturated carbocycles. The van der Waals surface area contributed by atoms with E-state index in [0.717, 1.165) is 18.0 Å². The molecule has 0 amide bonds. The second-order valence-corrected chi connectivity index (χ2v) is 7.68. The lowest BCUT2D eigenvalue weighted by Gasteiger charge is -2.36. The predicted molar refractivity (Wildman–Crippen MR) is 74.6 cm³/mol. The van der Waals surface area contributed by atoms with E-state index < -0.39 is 9.28 Å². The Bertz CT molecular complexity index is 157. The highest BCUT2D eigenvalue weighted by Crippen LogP contribution is 2.30. The van der Waals surface area contributed by atoms with Crippen molar-refractivity contribution in [2.75, 3.05) is 20.8 Å². The number of hydrogen-bond donors (Lipinski definition) is 1. The monoisotopic (exact) mass is 259 g/mol. The lowest BCUT2D eigenvalue weighted by atomic mass is 9.80. The molecule has 1 aliphatic carbocycles. The van der Waals surface area contributed by atoms with E-state index in [1.54, 1.807) is 14.2 Å². The van der Waals surface area contributed by atoms with Gasteiger partial charge >= 0.3 is 9.28 Å². The predicted octanol–water partition coefficient (Wildman–Crippen LogP) is 2.45. The van der Waals surface area contributed by atoms with Crippen LogP contribution in [0.25, 0.3) is 0 Å².